The molecule has 1 fully saturated rings. The molecule has 12 nitrogen and oxygen atoms in total. The monoisotopic (exact) mass is 462 g/mol. The van der Waals surface area contributed by atoms with Crippen LogP contribution in [-0.2, 0) is 23.9 Å². The molecule has 0 radical (unpaired) electrons. The third kappa shape index (κ3) is 10.2. The summed E-state index contributed by atoms with van der Waals surface area (Å²) in [5.41, 5.74) is 10.5. The van der Waals surface area contributed by atoms with Gasteiger partial charge in [0.25, 0.3) is 0 Å². The van der Waals surface area contributed by atoms with Gasteiger partial charge in [0.1, 0.15) is 24.4 Å². The van der Waals surface area contributed by atoms with Crippen molar-refractivity contribution in [1.29, 1.82) is 0 Å². The Balaban J connectivity index is 2.21. The van der Waals surface area contributed by atoms with E-state index < -0.39 is 42.7 Å². The van der Waals surface area contributed by atoms with E-state index in [-0.39, 0.29) is 37.6 Å². The zero-order valence-corrected chi connectivity index (χ0v) is 18.6. The lowest BCUT2D eigenvalue weighted by atomic mass is 10.0. The molecule has 0 saturated carbocycles. The van der Waals surface area contributed by atoms with Crippen molar-refractivity contribution in [3.63, 3.8) is 0 Å². The number of ether oxygens (including phenoxy) is 2. The number of nitrogens with two attached hydrogens (primary N) is 2. The Labute approximate surface area is 188 Å². The van der Waals surface area contributed by atoms with Gasteiger partial charge in [0.2, 0.25) is 17.7 Å². The molecule has 0 aliphatic carbocycles. The molecule has 1 rings (SSSR count). The minimum Gasteiger partial charge on any atom is -0.388 e. The highest BCUT2D eigenvalue weighted by Crippen LogP contribution is 2.22. The van der Waals surface area contributed by atoms with Crippen LogP contribution in [-0.4, -0.2) is 89.5 Å². The fourth-order valence-electron chi connectivity index (χ4n) is 3.22. The minimum absolute atomic E-state index is 0.0187. The number of hydrogen-bond acceptors (Lipinski definition) is 9. The zero-order valence-electron chi connectivity index (χ0n) is 18.6. The molecule has 32 heavy (non-hydrogen) atoms. The molecule has 1 aliphatic heterocycles. The lowest BCUT2D eigenvalue weighted by Crippen LogP contribution is -2.57. The standard InChI is InChI=1S/C20H38N4O8/c1-12-16(27)17(28)18(29)20(32-12)31-11-5-3-2-4-10-23-19(30)13(6-7-14(22)25)24-15(26)8-9-21/h12-13,16-18,20,27-29H,2-11,21H2,1H3,(H2,22,25)(H,23,30)(H,24,26)/t12-,13-,16+,17+,18-,20-/m0/s1. The van der Waals surface area contributed by atoms with Gasteiger partial charge in [0.15, 0.2) is 6.29 Å². The normalized spacial score (nSPS) is 26.3. The molecule has 3 amide bonds. The number of aliphatic hydroxyl groups is 3. The van der Waals surface area contributed by atoms with Crippen LogP contribution in [0.4, 0.5) is 0 Å². The van der Waals surface area contributed by atoms with Gasteiger partial charge < -0.3 is 46.9 Å². The van der Waals surface area contributed by atoms with Crippen molar-refractivity contribution in [2.45, 2.75) is 88.6 Å². The smallest absolute Gasteiger partial charge is 0.242 e. The summed E-state index contributed by atoms with van der Waals surface area (Å²) >= 11 is 0. The molecule has 1 heterocycles. The first-order chi connectivity index (χ1) is 15.2. The van der Waals surface area contributed by atoms with Gasteiger partial charge in [0.05, 0.1) is 6.10 Å². The van der Waals surface area contributed by atoms with E-state index >= 15 is 0 Å². The van der Waals surface area contributed by atoms with Crippen LogP contribution in [0.1, 0.15) is 51.9 Å². The van der Waals surface area contributed by atoms with E-state index in [1.165, 1.54) is 0 Å². The Morgan fingerprint density at radius 2 is 1.72 bits per heavy atom. The van der Waals surface area contributed by atoms with Crippen molar-refractivity contribution in [3.8, 4) is 0 Å². The zero-order chi connectivity index (χ0) is 24.1. The van der Waals surface area contributed by atoms with Crippen molar-refractivity contribution >= 4 is 17.7 Å². The summed E-state index contributed by atoms with van der Waals surface area (Å²) in [5, 5.41) is 34.6. The first kappa shape index (κ1) is 28.2. The van der Waals surface area contributed by atoms with Crippen molar-refractivity contribution < 1.29 is 39.2 Å². The maximum Gasteiger partial charge on any atom is 0.242 e. The summed E-state index contributed by atoms with van der Waals surface area (Å²) in [6.45, 7) is 2.47. The molecule has 0 aromatic rings. The number of unbranched alkanes of at least 4 members (excludes halogenated alkanes) is 3. The molecule has 6 atom stereocenters. The average Bonchev–Trinajstić information content (AvgIpc) is 2.74. The van der Waals surface area contributed by atoms with Gasteiger partial charge in [-0.05, 0) is 26.2 Å². The first-order valence-corrected chi connectivity index (χ1v) is 11.0. The van der Waals surface area contributed by atoms with Crippen LogP contribution < -0.4 is 22.1 Å². The Morgan fingerprint density at radius 1 is 1.03 bits per heavy atom. The highest BCUT2D eigenvalue weighted by atomic mass is 16.7. The number of hydrogen-bond donors (Lipinski definition) is 7. The quantitative estimate of drug-likeness (QED) is 0.129. The van der Waals surface area contributed by atoms with E-state index in [1.807, 2.05) is 0 Å². The van der Waals surface area contributed by atoms with Crippen LogP contribution >= 0.6 is 0 Å². The maximum atomic E-state index is 12.3. The second kappa shape index (κ2) is 15.1. The number of amides is 3. The molecule has 0 spiro atoms. The molecule has 12 heteroatoms. The number of aliphatic hydroxyl groups excluding tert-OH is 3. The fourth-order valence-corrected chi connectivity index (χ4v) is 3.22. The number of primary amides is 1. The number of carbonyl (C=O) groups is 3. The molecular formula is C20H38N4O8. The summed E-state index contributed by atoms with van der Waals surface area (Å²) in [4.78, 5) is 35.0. The summed E-state index contributed by atoms with van der Waals surface area (Å²) in [5.74, 6) is -1.29. The summed E-state index contributed by atoms with van der Waals surface area (Å²) in [6, 6.07) is -0.840. The maximum absolute atomic E-state index is 12.3. The van der Waals surface area contributed by atoms with Gasteiger partial charge >= 0.3 is 0 Å². The molecule has 0 unspecified atom stereocenters. The van der Waals surface area contributed by atoms with Gasteiger partial charge in [-0.1, -0.05) is 12.8 Å². The SMILES string of the molecule is C[C@@H]1O[C@H](OCCCCCCNC(=O)[C@H](CCC(N)=O)NC(=O)CCN)[C@@H](O)[C@H](O)[C@@H]1O. The summed E-state index contributed by atoms with van der Waals surface area (Å²) in [6.07, 6.45) is -2.25. The second-order valence-electron chi connectivity index (χ2n) is 7.92. The fraction of sp³-hybridized carbons (Fsp3) is 0.850. The molecule has 186 valence electrons. The molecule has 0 aromatic carbocycles. The van der Waals surface area contributed by atoms with Crippen LogP contribution in [0.5, 0.6) is 0 Å². The van der Waals surface area contributed by atoms with Crippen LogP contribution in [0.3, 0.4) is 0 Å². The molecule has 0 aromatic heterocycles. The predicted molar refractivity (Wildman–Crippen MR) is 114 cm³/mol. The van der Waals surface area contributed by atoms with Gasteiger partial charge in [0, 0.05) is 32.5 Å². The Morgan fingerprint density at radius 3 is 2.38 bits per heavy atom. The van der Waals surface area contributed by atoms with E-state index in [0.717, 1.165) is 12.8 Å². The van der Waals surface area contributed by atoms with Crippen molar-refractivity contribution in [2.24, 2.45) is 11.5 Å². The van der Waals surface area contributed by atoms with Crippen LogP contribution in [0.15, 0.2) is 0 Å². The average molecular weight is 463 g/mol. The molecule has 0 bridgehead atoms. The number of carbonyl (C=O) groups excluding carboxylic acids is 3. The number of nitrogens with one attached hydrogen (secondary N) is 2. The predicted octanol–water partition coefficient (Wildman–Crippen LogP) is -2.39. The van der Waals surface area contributed by atoms with E-state index in [0.29, 0.717) is 26.0 Å². The van der Waals surface area contributed by atoms with Crippen molar-refractivity contribution in [1.82, 2.24) is 10.6 Å². The summed E-state index contributed by atoms with van der Waals surface area (Å²) in [7, 11) is 0. The van der Waals surface area contributed by atoms with E-state index in [4.69, 9.17) is 20.9 Å². The minimum atomic E-state index is -1.32. The van der Waals surface area contributed by atoms with Crippen LogP contribution in [0.25, 0.3) is 0 Å². The lowest BCUT2D eigenvalue weighted by molar-refractivity contribution is -0.293. The lowest BCUT2D eigenvalue weighted by Gasteiger charge is -2.38. The topological polar surface area (TPSA) is 206 Å². The Hall–Kier alpha value is -1.83. The third-order valence-electron chi connectivity index (χ3n) is 5.16. The van der Waals surface area contributed by atoms with Crippen molar-refractivity contribution in [2.75, 3.05) is 19.7 Å². The molecule has 9 N–H and O–H groups in total. The van der Waals surface area contributed by atoms with Crippen LogP contribution in [0.2, 0.25) is 0 Å². The molecule has 1 aliphatic rings. The highest BCUT2D eigenvalue weighted by molar-refractivity contribution is 5.88. The largest absolute Gasteiger partial charge is 0.388 e. The molecular weight excluding hydrogens is 424 g/mol. The van der Waals surface area contributed by atoms with Gasteiger partial charge in [-0.3, -0.25) is 14.4 Å². The van der Waals surface area contributed by atoms with Gasteiger partial charge in [-0.25, -0.2) is 0 Å². The van der Waals surface area contributed by atoms with Gasteiger partial charge in [-0.2, -0.15) is 0 Å². The number of rotatable bonds is 15. The second-order valence-corrected chi connectivity index (χ2v) is 7.92. The first-order valence-electron chi connectivity index (χ1n) is 11.0. The Bertz CT molecular complexity index is 594. The van der Waals surface area contributed by atoms with E-state index in [2.05, 4.69) is 10.6 Å². The van der Waals surface area contributed by atoms with E-state index in [9.17, 15) is 29.7 Å². The highest BCUT2D eigenvalue weighted by Gasteiger charge is 2.42. The van der Waals surface area contributed by atoms with Crippen LogP contribution in [0, 0.1) is 0 Å². The van der Waals surface area contributed by atoms with Gasteiger partial charge in [-0.15, -0.1) is 0 Å². The Kier molecular flexibility index (Phi) is 13.3. The van der Waals surface area contributed by atoms with Crippen molar-refractivity contribution in [3.05, 3.63) is 0 Å². The molecule has 1 saturated heterocycles. The van der Waals surface area contributed by atoms with E-state index in [1.54, 1.807) is 6.92 Å². The third-order valence-corrected chi connectivity index (χ3v) is 5.16. The summed E-state index contributed by atoms with van der Waals surface area (Å²) < 4.78 is 10.8.